The molecule has 1 aromatic carbocycles. The lowest BCUT2D eigenvalue weighted by atomic mass is 10.1. The van der Waals surface area contributed by atoms with Gasteiger partial charge < -0.3 is 5.32 Å². The van der Waals surface area contributed by atoms with E-state index in [1.165, 1.54) is 0 Å². The maximum absolute atomic E-state index is 12.0. The fourth-order valence-electron chi connectivity index (χ4n) is 1.71. The van der Waals surface area contributed by atoms with Crippen LogP contribution < -0.4 is 5.32 Å². The van der Waals surface area contributed by atoms with Gasteiger partial charge in [0.25, 0.3) is 5.91 Å². The van der Waals surface area contributed by atoms with Crippen LogP contribution in [0.5, 0.6) is 0 Å². The van der Waals surface area contributed by atoms with Gasteiger partial charge in [-0.25, -0.2) is 0 Å². The van der Waals surface area contributed by atoms with Crippen molar-refractivity contribution in [1.29, 1.82) is 5.26 Å². The zero-order valence-electron chi connectivity index (χ0n) is 10.5. The molecule has 0 aliphatic heterocycles. The summed E-state index contributed by atoms with van der Waals surface area (Å²) in [5.41, 5.74) is 2.15. The molecule has 1 aromatic heterocycles. The number of rotatable bonds is 3. The van der Waals surface area contributed by atoms with Crippen molar-refractivity contribution in [3.05, 3.63) is 65.5 Å². The molecular formula is C15H13N3O. The van der Waals surface area contributed by atoms with Gasteiger partial charge in [0, 0.05) is 18.0 Å². The molecule has 2 rings (SSSR count). The lowest BCUT2D eigenvalue weighted by Gasteiger charge is -2.14. The van der Waals surface area contributed by atoms with Crippen LogP contribution in [0.3, 0.4) is 0 Å². The fraction of sp³-hybridized carbons (Fsp3) is 0.133. The molecule has 2 aromatic rings. The first kappa shape index (κ1) is 12.8. The molecule has 0 radical (unpaired) electrons. The third kappa shape index (κ3) is 3.17. The number of hydrogen-bond donors (Lipinski definition) is 1. The molecule has 0 spiro atoms. The van der Waals surface area contributed by atoms with E-state index >= 15 is 0 Å². The van der Waals surface area contributed by atoms with Crippen LogP contribution in [0.2, 0.25) is 0 Å². The maximum atomic E-state index is 12.0. The van der Waals surface area contributed by atoms with Crippen molar-refractivity contribution >= 4 is 5.91 Å². The predicted octanol–water partition coefficient (Wildman–Crippen LogP) is 2.44. The molecule has 1 atom stereocenters. The number of carbonyl (C=O) groups excluding carboxylic acids is 1. The first-order chi connectivity index (χ1) is 9.20. The summed E-state index contributed by atoms with van der Waals surface area (Å²) < 4.78 is 0. The lowest BCUT2D eigenvalue weighted by molar-refractivity contribution is 0.0940. The average molecular weight is 251 g/mol. The molecule has 1 unspecified atom stereocenters. The van der Waals surface area contributed by atoms with E-state index < -0.39 is 0 Å². The van der Waals surface area contributed by atoms with Crippen molar-refractivity contribution in [2.75, 3.05) is 0 Å². The molecule has 0 saturated heterocycles. The van der Waals surface area contributed by atoms with Gasteiger partial charge >= 0.3 is 0 Å². The van der Waals surface area contributed by atoms with Crippen LogP contribution in [0.25, 0.3) is 0 Å². The monoisotopic (exact) mass is 251 g/mol. The van der Waals surface area contributed by atoms with E-state index in [9.17, 15) is 4.79 Å². The smallest absolute Gasteiger partial charge is 0.251 e. The topological polar surface area (TPSA) is 65.8 Å². The lowest BCUT2D eigenvalue weighted by Crippen LogP contribution is -2.26. The molecule has 1 amide bonds. The summed E-state index contributed by atoms with van der Waals surface area (Å²) in [6.07, 6.45) is 3.17. The average Bonchev–Trinajstić information content (AvgIpc) is 2.48. The van der Waals surface area contributed by atoms with Gasteiger partial charge in [0.1, 0.15) is 0 Å². The molecule has 1 heterocycles. The summed E-state index contributed by atoms with van der Waals surface area (Å²) in [6, 6.07) is 12.5. The van der Waals surface area contributed by atoms with Crippen LogP contribution in [-0.2, 0) is 0 Å². The fourth-order valence-corrected chi connectivity index (χ4v) is 1.71. The van der Waals surface area contributed by atoms with Crippen molar-refractivity contribution in [2.24, 2.45) is 0 Å². The summed E-state index contributed by atoms with van der Waals surface area (Å²) in [5.74, 6) is -0.140. The summed E-state index contributed by atoms with van der Waals surface area (Å²) in [6.45, 7) is 1.90. The number of nitriles is 1. The largest absolute Gasteiger partial charge is 0.346 e. The number of pyridine rings is 1. The van der Waals surface area contributed by atoms with Gasteiger partial charge in [-0.1, -0.05) is 12.1 Å². The van der Waals surface area contributed by atoms with Gasteiger partial charge in [0.05, 0.1) is 17.7 Å². The van der Waals surface area contributed by atoms with Gasteiger partial charge in [0.2, 0.25) is 0 Å². The molecule has 19 heavy (non-hydrogen) atoms. The second-order valence-electron chi connectivity index (χ2n) is 4.16. The van der Waals surface area contributed by atoms with E-state index in [0.29, 0.717) is 11.1 Å². The maximum Gasteiger partial charge on any atom is 0.251 e. The van der Waals surface area contributed by atoms with Gasteiger partial charge in [-0.2, -0.15) is 5.26 Å². The van der Waals surface area contributed by atoms with Gasteiger partial charge in [-0.15, -0.1) is 0 Å². The number of amides is 1. The number of hydrogen-bond acceptors (Lipinski definition) is 3. The summed E-state index contributed by atoms with van der Waals surface area (Å²) in [4.78, 5) is 15.8. The predicted molar refractivity (Wildman–Crippen MR) is 71.3 cm³/mol. The molecule has 0 aliphatic rings. The van der Waals surface area contributed by atoms with Crippen LogP contribution in [0.1, 0.15) is 34.5 Å². The van der Waals surface area contributed by atoms with Crippen LogP contribution in [0.15, 0.2) is 48.8 Å². The molecule has 0 fully saturated rings. The highest BCUT2D eigenvalue weighted by Crippen LogP contribution is 2.13. The van der Waals surface area contributed by atoms with E-state index in [4.69, 9.17) is 5.26 Å². The Morgan fingerprint density at radius 1 is 1.21 bits per heavy atom. The van der Waals surface area contributed by atoms with Crippen molar-refractivity contribution in [3.63, 3.8) is 0 Å². The van der Waals surface area contributed by atoms with E-state index in [1.54, 1.807) is 36.7 Å². The van der Waals surface area contributed by atoms with Crippen LogP contribution in [0, 0.1) is 11.3 Å². The third-order valence-electron chi connectivity index (χ3n) is 2.83. The highest BCUT2D eigenvalue weighted by atomic mass is 16.1. The standard InChI is InChI=1S/C15H13N3O/c1-11(13-4-2-12(10-16)3-5-13)18-15(19)14-6-8-17-9-7-14/h2-9,11H,1H3,(H,18,19). The molecule has 94 valence electrons. The molecule has 4 heteroatoms. The highest BCUT2D eigenvalue weighted by molar-refractivity contribution is 5.94. The molecule has 0 bridgehead atoms. The second kappa shape index (κ2) is 5.78. The number of nitrogens with zero attached hydrogens (tertiary/aromatic N) is 2. The van der Waals surface area contributed by atoms with Crippen molar-refractivity contribution in [3.8, 4) is 6.07 Å². The van der Waals surface area contributed by atoms with Crippen molar-refractivity contribution < 1.29 is 4.79 Å². The summed E-state index contributed by atoms with van der Waals surface area (Å²) in [5, 5.41) is 11.6. The first-order valence-electron chi connectivity index (χ1n) is 5.91. The minimum Gasteiger partial charge on any atom is -0.346 e. The Morgan fingerprint density at radius 2 is 1.84 bits per heavy atom. The molecule has 1 N–H and O–H groups in total. The molecule has 0 saturated carbocycles. The summed E-state index contributed by atoms with van der Waals surface area (Å²) >= 11 is 0. The number of benzene rings is 1. The number of carbonyl (C=O) groups is 1. The minimum absolute atomic E-state index is 0.117. The quantitative estimate of drug-likeness (QED) is 0.911. The number of aromatic nitrogens is 1. The van der Waals surface area contributed by atoms with E-state index in [2.05, 4.69) is 16.4 Å². The Balaban J connectivity index is 2.06. The zero-order valence-corrected chi connectivity index (χ0v) is 10.5. The molecule has 0 aliphatic carbocycles. The highest BCUT2D eigenvalue weighted by Gasteiger charge is 2.10. The molecule has 4 nitrogen and oxygen atoms in total. The van der Waals surface area contributed by atoms with Crippen molar-refractivity contribution in [1.82, 2.24) is 10.3 Å². The van der Waals surface area contributed by atoms with Crippen molar-refractivity contribution in [2.45, 2.75) is 13.0 Å². The van der Waals surface area contributed by atoms with E-state index in [-0.39, 0.29) is 11.9 Å². The SMILES string of the molecule is CC(NC(=O)c1ccncc1)c1ccc(C#N)cc1. The van der Waals surface area contributed by atoms with Gasteiger partial charge in [-0.05, 0) is 36.8 Å². The van der Waals surface area contributed by atoms with Crippen LogP contribution >= 0.6 is 0 Å². The zero-order chi connectivity index (χ0) is 13.7. The molecular weight excluding hydrogens is 238 g/mol. The van der Waals surface area contributed by atoms with Gasteiger partial charge in [-0.3, -0.25) is 9.78 Å². The Labute approximate surface area is 111 Å². The first-order valence-corrected chi connectivity index (χ1v) is 5.91. The van der Waals surface area contributed by atoms with Crippen LogP contribution in [-0.4, -0.2) is 10.9 Å². The van der Waals surface area contributed by atoms with Crippen LogP contribution in [0.4, 0.5) is 0 Å². The van der Waals surface area contributed by atoms with Gasteiger partial charge in [0.15, 0.2) is 0 Å². The normalized spacial score (nSPS) is 11.4. The van der Waals surface area contributed by atoms with E-state index in [0.717, 1.165) is 5.56 Å². The number of nitrogens with one attached hydrogen (secondary N) is 1. The Kier molecular flexibility index (Phi) is 3.89. The minimum atomic E-state index is -0.140. The summed E-state index contributed by atoms with van der Waals surface area (Å²) in [7, 11) is 0. The Bertz CT molecular complexity index is 600. The van der Waals surface area contributed by atoms with E-state index in [1.807, 2.05) is 19.1 Å². The second-order valence-corrected chi connectivity index (χ2v) is 4.16. The third-order valence-corrected chi connectivity index (χ3v) is 2.83. The Morgan fingerprint density at radius 3 is 2.42 bits per heavy atom. The Hall–Kier alpha value is -2.67.